The van der Waals surface area contributed by atoms with Crippen LogP contribution in [0.3, 0.4) is 0 Å². The molecule has 0 fully saturated rings. The molecule has 0 saturated heterocycles. The average molecular weight is 339 g/mol. The smallest absolute Gasteiger partial charge is 0.221 e. The molecule has 0 aromatic heterocycles. The van der Waals surface area contributed by atoms with Gasteiger partial charge in [0.05, 0.1) is 6.61 Å². The molecule has 130 valence electrons. The fourth-order valence-electron chi connectivity index (χ4n) is 2.65. The lowest BCUT2D eigenvalue weighted by Crippen LogP contribution is -1.95. The van der Waals surface area contributed by atoms with Crippen molar-refractivity contribution in [2.75, 3.05) is 6.61 Å². The van der Waals surface area contributed by atoms with Crippen molar-refractivity contribution < 1.29 is 9.53 Å². The van der Waals surface area contributed by atoms with E-state index >= 15 is 0 Å². The molecule has 23 heavy (non-hydrogen) atoms. The van der Waals surface area contributed by atoms with Gasteiger partial charge in [0.15, 0.2) is 0 Å². The molecule has 0 amide bonds. The second kappa shape index (κ2) is 14.7. The highest BCUT2D eigenvalue weighted by Gasteiger charge is 1.97. The third-order valence-corrected chi connectivity index (χ3v) is 4.21. The Morgan fingerprint density at radius 2 is 1.30 bits per heavy atom. The molecule has 0 atom stereocenters. The van der Waals surface area contributed by atoms with Gasteiger partial charge in [0.25, 0.3) is 0 Å². The Hall–Kier alpha value is -0.860. The number of ether oxygens (including phenoxy) is 1. The molecule has 0 aliphatic carbocycles. The molecule has 1 rings (SSSR count). The van der Waals surface area contributed by atoms with Crippen LogP contribution >= 0.6 is 11.6 Å². The summed E-state index contributed by atoms with van der Waals surface area (Å²) in [5.41, 5.74) is 1.25. The molecular formula is C20H31ClO2. The first-order valence-corrected chi connectivity index (χ1v) is 9.47. The Kier molecular flexibility index (Phi) is 12.9. The van der Waals surface area contributed by atoms with E-state index in [1.807, 2.05) is 6.07 Å². The number of halogens is 1. The molecule has 0 aliphatic rings. The van der Waals surface area contributed by atoms with E-state index in [4.69, 9.17) is 16.3 Å². The standard InChI is InChI=1S/C20H31ClO2/c21-20(22)16-12-7-5-3-1-2-4-6-8-13-17-23-18-19-14-10-9-11-15-19/h9-11,14-15H,1-8,12-13,16-18H2. The second-order valence-electron chi connectivity index (χ2n) is 6.18. The lowest BCUT2D eigenvalue weighted by atomic mass is 10.1. The number of benzene rings is 1. The number of hydrogen-bond acceptors (Lipinski definition) is 2. The predicted octanol–water partition coefficient (Wildman–Crippen LogP) is 6.26. The zero-order valence-electron chi connectivity index (χ0n) is 14.3. The van der Waals surface area contributed by atoms with Crippen molar-refractivity contribution in [3.8, 4) is 0 Å². The van der Waals surface area contributed by atoms with E-state index in [0.717, 1.165) is 26.1 Å². The van der Waals surface area contributed by atoms with Crippen molar-refractivity contribution in [3.63, 3.8) is 0 Å². The monoisotopic (exact) mass is 338 g/mol. The van der Waals surface area contributed by atoms with Gasteiger partial charge in [-0.2, -0.15) is 0 Å². The summed E-state index contributed by atoms with van der Waals surface area (Å²) in [7, 11) is 0. The largest absolute Gasteiger partial charge is 0.377 e. The summed E-state index contributed by atoms with van der Waals surface area (Å²) in [4.78, 5) is 10.6. The fourth-order valence-corrected chi connectivity index (χ4v) is 2.78. The first kappa shape index (κ1) is 20.2. The summed E-state index contributed by atoms with van der Waals surface area (Å²) in [5.74, 6) is 0. The Balaban J connectivity index is 1.74. The molecule has 0 unspecified atom stereocenters. The Labute approximate surface area is 146 Å². The van der Waals surface area contributed by atoms with E-state index in [0.29, 0.717) is 6.42 Å². The number of hydrogen-bond donors (Lipinski definition) is 0. The third-order valence-electron chi connectivity index (χ3n) is 4.02. The summed E-state index contributed by atoms with van der Waals surface area (Å²) in [6, 6.07) is 10.3. The van der Waals surface area contributed by atoms with Crippen molar-refractivity contribution in [2.24, 2.45) is 0 Å². The highest BCUT2D eigenvalue weighted by Crippen LogP contribution is 2.12. The van der Waals surface area contributed by atoms with Crippen molar-refractivity contribution in [2.45, 2.75) is 77.2 Å². The highest BCUT2D eigenvalue weighted by atomic mass is 35.5. The molecule has 0 spiro atoms. The number of carbonyl (C=O) groups excluding carboxylic acids is 1. The molecule has 0 heterocycles. The first-order valence-electron chi connectivity index (χ1n) is 9.09. The van der Waals surface area contributed by atoms with Crippen LogP contribution in [0, 0.1) is 0 Å². The molecule has 2 nitrogen and oxygen atoms in total. The second-order valence-corrected chi connectivity index (χ2v) is 6.60. The maximum absolute atomic E-state index is 10.6. The van der Waals surface area contributed by atoms with Gasteiger partial charge in [-0.25, -0.2) is 0 Å². The van der Waals surface area contributed by atoms with E-state index < -0.39 is 0 Å². The van der Waals surface area contributed by atoms with Crippen LogP contribution in [0.25, 0.3) is 0 Å². The van der Waals surface area contributed by atoms with E-state index in [1.54, 1.807) is 0 Å². The summed E-state index contributed by atoms with van der Waals surface area (Å²) >= 11 is 5.30. The first-order chi connectivity index (χ1) is 11.3. The molecule has 0 N–H and O–H groups in total. The molecule has 0 saturated carbocycles. The van der Waals surface area contributed by atoms with Gasteiger partial charge in [-0.15, -0.1) is 0 Å². The van der Waals surface area contributed by atoms with Crippen LogP contribution in [0.2, 0.25) is 0 Å². The minimum Gasteiger partial charge on any atom is -0.377 e. The van der Waals surface area contributed by atoms with Gasteiger partial charge >= 0.3 is 0 Å². The van der Waals surface area contributed by atoms with Gasteiger partial charge in [0.1, 0.15) is 0 Å². The highest BCUT2D eigenvalue weighted by molar-refractivity contribution is 6.63. The maximum atomic E-state index is 10.6. The molecule has 3 heteroatoms. The van der Waals surface area contributed by atoms with E-state index in [9.17, 15) is 4.79 Å². The molecule has 0 radical (unpaired) electrons. The Morgan fingerprint density at radius 1 is 0.783 bits per heavy atom. The topological polar surface area (TPSA) is 26.3 Å². The van der Waals surface area contributed by atoms with Crippen molar-refractivity contribution in [1.29, 1.82) is 0 Å². The van der Waals surface area contributed by atoms with Crippen LogP contribution in [-0.2, 0) is 16.1 Å². The zero-order valence-corrected chi connectivity index (χ0v) is 15.0. The lowest BCUT2D eigenvalue weighted by Gasteiger charge is -2.05. The van der Waals surface area contributed by atoms with Gasteiger partial charge in [-0.05, 0) is 30.0 Å². The van der Waals surface area contributed by atoms with E-state index in [-0.39, 0.29) is 5.24 Å². The third kappa shape index (κ3) is 13.3. The zero-order chi connectivity index (χ0) is 16.6. The summed E-state index contributed by atoms with van der Waals surface area (Å²) in [6.45, 7) is 1.60. The Bertz CT molecular complexity index is 392. The number of rotatable bonds is 15. The predicted molar refractivity (Wildman–Crippen MR) is 97.7 cm³/mol. The SMILES string of the molecule is O=C(Cl)CCCCCCCCCCCCOCc1ccccc1. The van der Waals surface area contributed by atoms with Gasteiger partial charge < -0.3 is 4.74 Å². The van der Waals surface area contributed by atoms with Crippen LogP contribution in [0.5, 0.6) is 0 Å². The van der Waals surface area contributed by atoms with Crippen molar-refractivity contribution in [3.05, 3.63) is 35.9 Å². The quantitative estimate of drug-likeness (QED) is 0.278. The fraction of sp³-hybridized carbons (Fsp3) is 0.650. The van der Waals surface area contributed by atoms with E-state index in [2.05, 4.69) is 24.3 Å². The summed E-state index contributed by atoms with van der Waals surface area (Å²) in [5, 5.41) is -0.197. The number of unbranched alkanes of at least 4 members (excludes halogenated alkanes) is 9. The lowest BCUT2D eigenvalue weighted by molar-refractivity contribution is -0.111. The summed E-state index contributed by atoms with van der Waals surface area (Å²) in [6.07, 6.45) is 12.9. The summed E-state index contributed by atoms with van der Waals surface area (Å²) < 4.78 is 5.69. The minimum absolute atomic E-state index is 0.197. The minimum atomic E-state index is -0.197. The molecule has 0 aliphatic heterocycles. The van der Waals surface area contributed by atoms with Crippen molar-refractivity contribution in [1.82, 2.24) is 0 Å². The normalized spacial score (nSPS) is 10.8. The van der Waals surface area contributed by atoms with Crippen LogP contribution in [0.4, 0.5) is 0 Å². The van der Waals surface area contributed by atoms with Crippen LogP contribution in [0.1, 0.15) is 76.2 Å². The molecule has 1 aromatic rings. The van der Waals surface area contributed by atoms with Gasteiger partial charge in [0.2, 0.25) is 5.24 Å². The van der Waals surface area contributed by atoms with Crippen LogP contribution in [-0.4, -0.2) is 11.8 Å². The molecule has 0 bridgehead atoms. The Morgan fingerprint density at radius 3 is 1.87 bits per heavy atom. The van der Waals surface area contributed by atoms with Crippen LogP contribution in [0.15, 0.2) is 30.3 Å². The van der Waals surface area contributed by atoms with Crippen LogP contribution < -0.4 is 0 Å². The van der Waals surface area contributed by atoms with Crippen molar-refractivity contribution >= 4 is 16.8 Å². The molecular weight excluding hydrogens is 308 g/mol. The average Bonchev–Trinajstić information content (AvgIpc) is 2.56. The van der Waals surface area contributed by atoms with Gasteiger partial charge in [-0.3, -0.25) is 4.79 Å². The van der Waals surface area contributed by atoms with Gasteiger partial charge in [0, 0.05) is 13.0 Å². The maximum Gasteiger partial charge on any atom is 0.221 e. The van der Waals surface area contributed by atoms with E-state index in [1.165, 1.54) is 56.9 Å². The van der Waals surface area contributed by atoms with Gasteiger partial charge in [-0.1, -0.05) is 81.7 Å². The number of carbonyl (C=O) groups is 1. The molecule has 1 aromatic carbocycles.